The summed E-state index contributed by atoms with van der Waals surface area (Å²) in [5.41, 5.74) is 4.14. The molecule has 0 aliphatic carbocycles. The standard InChI is InChI=1S/C28H28N4O2/c1-20(2)31(27(34)23-14-10-11-21(3)17-23)19-26(33)30-28-29-25(22-12-6-4-7-13-22)18-32(28)24-15-8-5-9-16-24/h4-18,20H,19H2,1-3H3,(H,29,30,33). The van der Waals surface area contributed by atoms with Crippen molar-refractivity contribution in [3.05, 3.63) is 102 Å². The quantitative estimate of drug-likeness (QED) is 0.412. The normalized spacial score (nSPS) is 10.8. The summed E-state index contributed by atoms with van der Waals surface area (Å²) in [4.78, 5) is 32.5. The van der Waals surface area contributed by atoms with Crippen LogP contribution in [0.3, 0.4) is 0 Å². The van der Waals surface area contributed by atoms with Crippen LogP contribution >= 0.6 is 0 Å². The molecule has 1 N–H and O–H groups in total. The molecule has 6 nitrogen and oxygen atoms in total. The highest BCUT2D eigenvalue weighted by atomic mass is 16.2. The molecule has 0 aliphatic heterocycles. The highest BCUT2D eigenvalue weighted by Crippen LogP contribution is 2.24. The molecule has 4 rings (SSSR count). The zero-order valence-electron chi connectivity index (χ0n) is 19.6. The average molecular weight is 453 g/mol. The van der Waals surface area contributed by atoms with Gasteiger partial charge in [-0.25, -0.2) is 4.98 Å². The van der Waals surface area contributed by atoms with Crippen LogP contribution in [0, 0.1) is 6.92 Å². The third-order valence-electron chi connectivity index (χ3n) is 5.52. The van der Waals surface area contributed by atoms with E-state index in [2.05, 4.69) is 5.32 Å². The molecule has 4 aromatic rings. The highest BCUT2D eigenvalue weighted by molar-refractivity contribution is 5.99. The van der Waals surface area contributed by atoms with Crippen molar-refractivity contribution in [2.45, 2.75) is 26.8 Å². The van der Waals surface area contributed by atoms with Crippen molar-refractivity contribution >= 4 is 17.8 Å². The van der Waals surface area contributed by atoms with Crippen LogP contribution in [0.25, 0.3) is 16.9 Å². The molecule has 0 aliphatic rings. The summed E-state index contributed by atoms with van der Waals surface area (Å²) in [5.74, 6) is -0.0796. The Hall–Kier alpha value is -4.19. The molecule has 0 spiro atoms. The predicted octanol–water partition coefficient (Wildman–Crippen LogP) is 5.34. The number of nitrogens with one attached hydrogen (secondary N) is 1. The van der Waals surface area contributed by atoms with Crippen molar-refractivity contribution in [3.8, 4) is 16.9 Å². The van der Waals surface area contributed by atoms with Gasteiger partial charge in [0.05, 0.1) is 5.69 Å². The van der Waals surface area contributed by atoms with E-state index in [-0.39, 0.29) is 24.4 Å². The lowest BCUT2D eigenvalue weighted by Crippen LogP contribution is -2.42. The summed E-state index contributed by atoms with van der Waals surface area (Å²) in [5, 5.41) is 2.92. The van der Waals surface area contributed by atoms with Gasteiger partial charge in [0.1, 0.15) is 6.54 Å². The monoisotopic (exact) mass is 452 g/mol. The lowest BCUT2D eigenvalue weighted by atomic mass is 10.1. The van der Waals surface area contributed by atoms with Gasteiger partial charge in [0.25, 0.3) is 5.91 Å². The Bertz CT molecular complexity index is 1280. The zero-order valence-corrected chi connectivity index (χ0v) is 19.6. The van der Waals surface area contributed by atoms with Gasteiger partial charge in [-0.15, -0.1) is 0 Å². The Morgan fingerprint density at radius 2 is 1.62 bits per heavy atom. The number of benzene rings is 3. The number of anilines is 1. The predicted molar refractivity (Wildman–Crippen MR) is 135 cm³/mol. The summed E-state index contributed by atoms with van der Waals surface area (Å²) in [6, 6.07) is 26.8. The molecule has 6 heteroatoms. The number of carbonyl (C=O) groups is 2. The van der Waals surface area contributed by atoms with Gasteiger partial charge >= 0.3 is 0 Å². The van der Waals surface area contributed by atoms with Gasteiger partial charge in [-0.2, -0.15) is 0 Å². The van der Waals surface area contributed by atoms with Crippen molar-refractivity contribution in [3.63, 3.8) is 0 Å². The maximum Gasteiger partial charge on any atom is 0.254 e. The maximum atomic E-state index is 13.1. The Kier molecular flexibility index (Phi) is 6.87. The van der Waals surface area contributed by atoms with Crippen molar-refractivity contribution in [1.82, 2.24) is 14.5 Å². The first-order valence-electron chi connectivity index (χ1n) is 11.3. The fraction of sp³-hybridized carbons (Fsp3) is 0.179. The highest BCUT2D eigenvalue weighted by Gasteiger charge is 2.23. The molecule has 0 saturated heterocycles. The molecule has 0 unspecified atom stereocenters. The lowest BCUT2D eigenvalue weighted by molar-refractivity contribution is -0.117. The van der Waals surface area contributed by atoms with E-state index in [1.54, 1.807) is 11.0 Å². The molecule has 0 radical (unpaired) electrons. The summed E-state index contributed by atoms with van der Waals surface area (Å²) in [6.07, 6.45) is 1.90. The zero-order chi connectivity index (χ0) is 24.1. The van der Waals surface area contributed by atoms with Crippen LogP contribution in [0.5, 0.6) is 0 Å². The molecular weight excluding hydrogens is 424 g/mol. The summed E-state index contributed by atoms with van der Waals surface area (Å²) >= 11 is 0. The molecule has 34 heavy (non-hydrogen) atoms. The number of imidazole rings is 1. The Labute approximate surface area is 199 Å². The smallest absolute Gasteiger partial charge is 0.254 e. The van der Waals surface area contributed by atoms with Crippen molar-refractivity contribution in [1.29, 1.82) is 0 Å². The number of para-hydroxylation sites is 1. The minimum Gasteiger partial charge on any atom is -0.327 e. The maximum absolute atomic E-state index is 13.1. The van der Waals surface area contributed by atoms with Crippen LogP contribution in [-0.2, 0) is 4.79 Å². The molecule has 172 valence electrons. The molecule has 0 saturated carbocycles. The summed E-state index contributed by atoms with van der Waals surface area (Å²) in [7, 11) is 0. The number of amides is 2. The molecule has 0 atom stereocenters. The minimum atomic E-state index is -0.308. The van der Waals surface area contributed by atoms with E-state index < -0.39 is 0 Å². The second kappa shape index (κ2) is 10.2. The number of rotatable bonds is 7. The van der Waals surface area contributed by atoms with Crippen molar-refractivity contribution in [2.75, 3.05) is 11.9 Å². The average Bonchev–Trinajstić information content (AvgIpc) is 3.26. The first-order chi connectivity index (χ1) is 16.4. The summed E-state index contributed by atoms with van der Waals surface area (Å²) in [6.45, 7) is 5.67. The number of aromatic nitrogens is 2. The van der Waals surface area contributed by atoms with Gasteiger partial charge in [0, 0.05) is 29.1 Å². The number of hydrogen-bond acceptors (Lipinski definition) is 3. The fourth-order valence-corrected chi connectivity index (χ4v) is 3.75. The topological polar surface area (TPSA) is 67.2 Å². The number of nitrogens with zero attached hydrogens (tertiary/aromatic N) is 3. The Morgan fingerprint density at radius 1 is 0.941 bits per heavy atom. The second-order valence-electron chi connectivity index (χ2n) is 8.47. The summed E-state index contributed by atoms with van der Waals surface area (Å²) < 4.78 is 1.85. The molecule has 1 heterocycles. The van der Waals surface area contributed by atoms with E-state index in [0.717, 1.165) is 22.5 Å². The third kappa shape index (κ3) is 5.23. The van der Waals surface area contributed by atoms with E-state index in [1.165, 1.54) is 0 Å². The van der Waals surface area contributed by atoms with E-state index in [0.29, 0.717) is 11.5 Å². The van der Waals surface area contributed by atoms with Crippen LogP contribution in [-0.4, -0.2) is 38.9 Å². The molecule has 3 aromatic carbocycles. The first kappa shape index (κ1) is 23.0. The van der Waals surface area contributed by atoms with Crippen molar-refractivity contribution in [2.24, 2.45) is 0 Å². The molecule has 0 bridgehead atoms. The Balaban J connectivity index is 1.60. The van der Waals surface area contributed by atoms with Crippen LogP contribution in [0.15, 0.2) is 91.1 Å². The van der Waals surface area contributed by atoms with Crippen LogP contribution < -0.4 is 5.32 Å². The van der Waals surface area contributed by atoms with Gasteiger partial charge in [0.15, 0.2) is 0 Å². The minimum absolute atomic E-state index is 0.0766. The molecule has 0 fully saturated rings. The lowest BCUT2D eigenvalue weighted by Gasteiger charge is -2.26. The molecular formula is C28H28N4O2. The largest absolute Gasteiger partial charge is 0.327 e. The molecule has 2 amide bonds. The SMILES string of the molecule is Cc1cccc(C(=O)N(CC(=O)Nc2nc(-c3ccccc3)cn2-c2ccccc2)C(C)C)c1. The number of carbonyl (C=O) groups excluding carboxylic acids is 2. The van der Waals surface area contributed by atoms with Crippen LogP contribution in [0.2, 0.25) is 0 Å². The van der Waals surface area contributed by atoms with Gasteiger partial charge in [-0.1, -0.05) is 66.2 Å². The number of hydrogen-bond donors (Lipinski definition) is 1. The van der Waals surface area contributed by atoms with E-state index in [1.807, 2.05) is 110 Å². The van der Waals surface area contributed by atoms with E-state index in [9.17, 15) is 9.59 Å². The van der Waals surface area contributed by atoms with Crippen LogP contribution in [0.1, 0.15) is 29.8 Å². The van der Waals surface area contributed by atoms with Gasteiger partial charge in [-0.3, -0.25) is 19.5 Å². The first-order valence-corrected chi connectivity index (χ1v) is 11.3. The third-order valence-corrected chi connectivity index (χ3v) is 5.52. The second-order valence-corrected chi connectivity index (χ2v) is 8.47. The van der Waals surface area contributed by atoms with Gasteiger partial charge in [0.2, 0.25) is 11.9 Å². The van der Waals surface area contributed by atoms with Crippen molar-refractivity contribution < 1.29 is 9.59 Å². The van der Waals surface area contributed by atoms with Gasteiger partial charge in [-0.05, 0) is 45.0 Å². The van der Waals surface area contributed by atoms with E-state index >= 15 is 0 Å². The van der Waals surface area contributed by atoms with Crippen LogP contribution in [0.4, 0.5) is 5.95 Å². The molecule has 1 aromatic heterocycles. The van der Waals surface area contributed by atoms with E-state index in [4.69, 9.17) is 4.98 Å². The van der Waals surface area contributed by atoms with Gasteiger partial charge < -0.3 is 4.90 Å². The Morgan fingerprint density at radius 3 is 2.26 bits per heavy atom. The fourth-order valence-electron chi connectivity index (χ4n) is 3.75. The number of aryl methyl sites for hydroxylation is 1.